The monoisotopic (exact) mass is 314 g/mol. The van der Waals surface area contributed by atoms with Crippen LogP contribution in [0.2, 0.25) is 5.02 Å². The zero-order valence-corrected chi connectivity index (χ0v) is 12.4. The number of esters is 1. The van der Waals surface area contributed by atoms with Gasteiger partial charge in [-0.15, -0.1) is 0 Å². The SMILES string of the molecule is COC(=O)c1nn(C(=O)c2ccc(Cl)cc2)c2ccccc12. The second-order valence-electron chi connectivity index (χ2n) is 4.58. The lowest BCUT2D eigenvalue weighted by molar-refractivity contribution is 0.0595. The fraction of sp³-hybridized carbons (Fsp3) is 0.0625. The van der Waals surface area contributed by atoms with E-state index < -0.39 is 5.97 Å². The normalized spacial score (nSPS) is 10.6. The molecule has 0 fully saturated rings. The highest BCUT2D eigenvalue weighted by molar-refractivity contribution is 6.30. The molecule has 0 saturated carbocycles. The van der Waals surface area contributed by atoms with E-state index in [9.17, 15) is 9.59 Å². The Hall–Kier alpha value is -2.66. The van der Waals surface area contributed by atoms with Gasteiger partial charge in [-0.25, -0.2) is 4.79 Å². The molecule has 0 N–H and O–H groups in total. The van der Waals surface area contributed by atoms with Gasteiger partial charge < -0.3 is 4.74 Å². The number of ether oxygens (including phenoxy) is 1. The number of carbonyl (C=O) groups excluding carboxylic acids is 2. The number of carbonyl (C=O) groups is 2. The fourth-order valence-corrected chi connectivity index (χ4v) is 2.31. The minimum absolute atomic E-state index is 0.111. The van der Waals surface area contributed by atoms with E-state index in [2.05, 4.69) is 5.10 Å². The lowest BCUT2D eigenvalue weighted by atomic mass is 10.2. The largest absolute Gasteiger partial charge is 0.464 e. The molecule has 0 spiro atoms. The molecule has 3 rings (SSSR count). The zero-order chi connectivity index (χ0) is 15.7. The van der Waals surface area contributed by atoms with Crippen molar-refractivity contribution in [2.45, 2.75) is 0 Å². The number of methoxy groups -OCH3 is 1. The van der Waals surface area contributed by atoms with E-state index in [0.717, 1.165) is 0 Å². The van der Waals surface area contributed by atoms with Crippen molar-refractivity contribution < 1.29 is 14.3 Å². The molecular formula is C16H11ClN2O3. The van der Waals surface area contributed by atoms with Crippen molar-refractivity contribution in [2.75, 3.05) is 7.11 Å². The molecule has 0 amide bonds. The third-order valence-electron chi connectivity index (χ3n) is 3.25. The molecule has 22 heavy (non-hydrogen) atoms. The average molecular weight is 315 g/mol. The summed E-state index contributed by atoms with van der Waals surface area (Å²) in [5, 5.41) is 5.22. The van der Waals surface area contributed by atoms with E-state index >= 15 is 0 Å². The molecule has 2 aromatic carbocycles. The third kappa shape index (κ3) is 2.35. The van der Waals surface area contributed by atoms with Gasteiger partial charge in [-0.05, 0) is 30.3 Å². The van der Waals surface area contributed by atoms with Gasteiger partial charge in [0.2, 0.25) is 0 Å². The van der Waals surface area contributed by atoms with E-state index in [1.807, 2.05) is 0 Å². The number of hydrogen-bond acceptors (Lipinski definition) is 4. The van der Waals surface area contributed by atoms with Gasteiger partial charge in [-0.3, -0.25) is 4.79 Å². The molecule has 1 heterocycles. The van der Waals surface area contributed by atoms with Crippen LogP contribution in [0.4, 0.5) is 0 Å². The molecule has 5 nitrogen and oxygen atoms in total. The second kappa shape index (κ2) is 5.61. The van der Waals surface area contributed by atoms with Gasteiger partial charge in [0, 0.05) is 16.0 Å². The number of halogens is 1. The Labute approximate surface area is 131 Å². The van der Waals surface area contributed by atoms with Crippen molar-refractivity contribution in [1.82, 2.24) is 9.78 Å². The number of hydrogen-bond donors (Lipinski definition) is 0. The lowest BCUT2D eigenvalue weighted by Crippen LogP contribution is -2.14. The predicted octanol–water partition coefficient (Wildman–Crippen LogP) is 3.16. The van der Waals surface area contributed by atoms with E-state index in [4.69, 9.17) is 16.3 Å². The van der Waals surface area contributed by atoms with Gasteiger partial charge in [0.05, 0.1) is 12.6 Å². The van der Waals surface area contributed by atoms with E-state index in [-0.39, 0.29) is 11.6 Å². The van der Waals surface area contributed by atoms with Gasteiger partial charge >= 0.3 is 5.97 Å². The first-order valence-corrected chi connectivity index (χ1v) is 6.86. The molecule has 1 aromatic heterocycles. The highest BCUT2D eigenvalue weighted by Crippen LogP contribution is 2.20. The summed E-state index contributed by atoms with van der Waals surface area (Å²) < 4.78 is 5.91. The topological polar surface area (TPSA) is 61.2 Å². The maximum atomic E-state index is 12.6. The molecule has 0 unspecified atom stereocenters. The molecule has 0 radical (unpaired) electrons. The summed E-state index contributed by atoms with van der Waals surface area (Å²) in [6.07, 6.45) is 0. The average Bonchev–Trinajstić information content (AvgIpc) is 2.94. The maximum Gasteiger partial charge on any atom is 0.359 e. The quantitative estimate of drug-likeness (QED) is 0.682. The molecule has 110 valence electrons. The first kappa shape index (κ1) is 14.3. The number of nitrogens with zero attached hydrogens (tertiary/aromatic N) is 2. The summed E-state index contributed by atoms with van der Waals surface area (Å²) in [7, 11) is 1.27. The maximum absolute atomic E-state index is 12.6. The molecule has 0 atom stereocenters. The van der Waals surface area contributed by atoms with Crippen LogP contribution in [-0.4, -0.2) is 28.8 Å². The van der Waals surface area contributed by atoms with Crippen molar-refractivity contribution in [3.05, 3.63) is 64.8 Å². The van der Waals surface area contributed by atoms with Gasteiger partial charge in [0.1, 0.15) is 0 Å². The van der Waals surface area contributed by atoms with Gasteiger partial charge in [0.25, 0.3) is 5.91 Å². The minimum atomic E-state index is -0.584. The molecule has 3 aromatic rings. The summed E-state index contributed by atoms with van der Waals surface area (Å²) in [5.41, 5.74) is 1.08. The van der Waals surface area contributed by atoms with E-state index in [0.29, 0.717) is 21.5 Å². The summed E-state index contributed by atoms with van der Waals surface area (Å²) in [4.78, 5) is 24.4. The van der Waals surface area contributed by atoms with Gasteiger partial charge in [0.15, 0.2) is 5.69 Å². The summed E-state index contributed by atoms with van der Waals surface area (Å²) in [5.74, 6) is -0.929. The second-order valence-corrected chi connectivity index (χ2v) is 5.02. The highest BCUT2D eigenvalue weighted by atomic mass is 35.5. The summed E-state index contributed by atoms with van der Waals surface area (Å²) in [6.45, 7) is 0. The van der Waals surface area contributed by atoms with Crippen molar-refractivity contribution in [3.8, 4) is 0 Å². The van der Waals surface area contributed by atoms with Crippen LogP contribution < -0.4 is 0 Å². The lowest BCUT2D eigenvalue weighted by Gasteiger charge is -2.02. The first-order valence-electron chi connectivity index (χ1n) is 6.48. The van der Waals surface area contributed by atoms with Crippen molar-refractivity contribution in [2.24, 2.45) is 0 Å². The Morgan fingerprint density at radius 3 is 2.45 bits per heavy atom. The molecule has 0 bridgehead atoms. The number of para-hydroxylation sites is 1. The first-order chi connectivity index (χ1) is 10.6. The van der Waals surface area contributed by atoms with Gasteiger partial charge in [-0.1, -0.05) is 29.8 Å². The third-order valence-corrected chi connectivity index (χ3v) is 3.50. The molecule has 6 heteroatoms. The van der Waals surface area contributed by atoms with Crippen LogP contribution in [0.25, 0.3) is 10.9 Å². The van der Waals surface area contributed by atoms with Crippen molar-refractivity contribution in [1.29, 1.82) is 0 Å². The highest BCUT2D eigenvalue weighted by Gasteiger charge is 2.21. The molecule has 0 aliphatic carbocycles. The molecular weight excluding hydrogens is 304 g/mol. The van der Waals surface area contributed by atoms with E-state index in [1.165, 1.54) is 11.8 Å². The van der Waals surface area contributed by atoms with Crippen LogP contribution in [0.3, 0.4) is 0 Å². The Kier molecular flexibility index (Phi) is 3.65. The van der Waals surface area contributed by atoms with Crippen LogP contribution in [0.5, 0.6) is 0 Å². The Balaban J connectivity index is 2.16. The molecule has 0 saturated heterocycles. The van der Waals surface area contributed by atoms with Crippen LogP contribution >= 0.6 is 11.6 Å². The van der Waals surface area contributed by atoms with Crippen LogP contribution in [0, 0.1) is 0 Å². The standard InChI is InChI=1S/C16H11ClN2O3/c1-22-16(21)14-12-4-2-3-5-13(12)19(18-14)15(20)10-6-8-11(17)9-7-10/h2-9H,1H3. The number of rotatable bonds is 2. The van der Waals surface area contributed by atoms with Crippen LogP contribution in [0.15, 0.2) is 48.5 Å². The number of fused-ring (bicyclic) bond motifs is 1. The zero-order valence-electron chi connectivity index (χ0n) is 11.6. The van der Waals surface area contributed by atoms with Crippen LogP contribution in [0.1, 0.15) is 20.8 Å². The van der Waals surface area contributed by atoms with E-state index in [1.54, 1.807) is 48.5 Å². The van der Waals surface area contributed by atoms with Crippen molar-refractivity contribution in [3.63, 3.8) is 0 Å². The van der Waals surface area contributed by atoms with Gasteiger partial charge in [-0.2, -0.15) is 9.78 Å². The summed E-state index contributed by atoms with van der Waals surface area (Å²) >= 11 is 5.83. The van der Waals surface area contributed by atoms with Crippen LogP contribution in [-0.2, 0) is 4.74 Å². The minimum Gasteiger partial charge on any atom is -0.464 e. The molecule has 0 aliphatic rings. The number of benzene rings is 2. The fourth-order valence-electron chi connectivity index (χ4n) is 2.18. The Morgan fingerprint density at radius 2 is 1.77 bits per heavy atom. The molecule has 0 aliphatic heterocycles. The van der Waals surface area contributed by atoms with Crippen molar-refractivity contribution >= 4 is 34.4 Å². The Morgan fingerprint density at radius 1 is 1.09 bits per heavy atom. The predicted molar refractivity (Wildman–Crippen MR) is 82.3 cm³/mol. The number of aromatic nitrogens is 2. The Bertz CT molecular complexity index is 869. The smallest absolute Gasteiger partial charge is 0.359 e. The summed E-state index contributed by atoms with van der Waals surface area (Å²) in [6, 6.07) is 13.5.